The Labute approximate surface area is 111 Å². The van der Waals surface area contributed by atoms with Gasteiger partial charge in [-0.05, 0) is 49.8 Å². The maximum Gasteiger partial charge on any atom is 0.183 e. The number of nitrogens with zero attached hydrogens (tertiary/aromatic N) is 2. The number of amidine groups is 1. The Bertz CT molecular complexity index is 504. The summed E-state index contributed by atoms with van der Waals surface area (Å²) in [4.78, 5) is 4.41. The summed E-state index contributed by atoms with van der Waals surface area (Å²) in [5.41, 5.74) is 3.38. The van der Waals surface area contributed by atoms with Crippen LogP contribution in [0.3, 0.4) is 0 Å². The van der Waals surface area contributed by atoms with Crippen LogP contribution in [-0.2, 0) is 6.42 Å². The lowest BCUT2D eigenvalue weighted by atomic mass is 9.98. The molecule has 5 heteroatoms. The van der Waals surface area contributed by atoms with Gasteiger partial charge in [0.15, 0.2) is 11.4 Å². The zero-order valence-corrected chi connectivity index (χ0v) is 11.3. The molecule has 1 heterocycles. The highest BCUT2D eigenvalue weighted by atomic mass is 32.2. The van der Waals surface area contributed by atoms with E-state index in [1.54, 1.807) is 0 Å². The summed E-state index contributed by atoms with van der Waals surface area (Å²) in [6.45, 7) is 2.19. The second-order valence-electron chi connectivity index (χ2n) is 4.28. The SMILES string of the molecule is CSC(=Nc1ccc2c(c1)CCC(C)N2)NC#N. The van der Waals surface area contributed by atoms with Gasteiger partial charge in [0.1, 0.15) is 0 Å². The Kier molecular flexibility index (Phi) is 4.11. The van der Waals surface area contributed by atoms with E-state index >= 15 is 0 Å². The zero-order valence-electron chi connectivity index (χ0n) is 10.5. The van der Waals surface area contributed by atoms with Gasteiger partial charge < -0.3 is 5.32 Å². The van der Waals surface area contributed by atoms with E-state index in [0.29, 0.717) is 11.2 Å². The molecule has 1 aliphatic heterocycles. The first-order valence-corrected chi connectivity index (χ1v) is 7.12. The zero-order chi connectivity index (χ0) is 13.0. The quantitative estimate of drug-likeness (QED) is 0.353. The molecular formula is C13H16N4S. The van der Waals surface area contributed by atoms with Crippen molar-refractivity contribution >= 4 is 28.3 Å². The molecule has 0 fully saturated rings. The molecule has 1 atom stereocenters. The molecule has 94 valence electrons. The summed E-state index contributed by atoms with van der Waals surface area (Å²) >= 11 is 1.43. The fraction of sp³-hybridized carbons (Fsp3) is 0.385. The number of fused-ring (bicyclic) bond motifs is 1. The van der Waals surface area contributed by atoms with Crippen LogP contribution in [0.4, 0.5) is 11.4 Å². The Morgan fingerprint density at radius 3 is 3.17 bits per heavy atom. The lowest BCUT2D eigenvalue weighted by Gasteiger charge is -2.24. The standard InChI is InChI=1S/C13H16N4S/c1-9-3-4-10-7-11(5-6-12(10)16-9)17-13(18-2)15-8-14/h5-7,9,16H,3-4H2,1-2H3,(H,15,17). The molecule has 0 radical (unpaired) electrons. The highest BCUT2D eigenvalue weighted by molar-refractivity contribution is 8.13. The fourth-order valence-electron chi connectivity index (χ4n) is 2.00. The van der Waals surface area contributed by atoms with Crippen molar-refractivity contribution in [2.75, 3.05) is 11.6 Å². The largest absolute Gasteiger partial charge is 0.382 e. The van der Waals surface area contributed by atoms with Crippen molar-refractivity contribution in [1.82, 2.24) is 5.32 Å². The summed E-state index contributed by atoms with van der Waals surface area (Å²) in [5.74, 6) is 0. The minimum absolute atomic E-state index is 0.536. The Balaban J connectivity index is 2.24. The lowest BCUT2D eigenvalue weighted by Crippen LogP contribution is -2.21. The van der Waals surface area contributed by atoms with E-state index < -0.39 is 0 Å². The molecule has 1 aromatic rings. The average Bonchev–Trinajstić information content (AvgIpc) is 2.38. The normalized spacial score (nSPS) is 18.5. The molecule has 0 saturated carbocycles. The van der Waals surface area contributed by atoms with Crippen molar-refractivity contribution in [2.24, 2.45) is 4.99 Å². The molecule has 2 rings (SSSR count). The molecular weight excluding hydrogens is 244 g/mol. The number of hydrogen-bond acceptors (Lipinski definition) is 4. The lowest BCUT2D eigenvalue weighted by molar-refractivity contribution is 0.681. The molecule has 18 heavy (non-hydrogen) atoms. The number of rotatable bonds is 1. The first-order valence-electron chi connectivity index (χ1n) is 5.90. The summed E-state index contributed by atoms with van der Waals surface area (Å²) in [6, 6.07) is 6.66. The minimum atomic E-state index is 0.536. The van der Waals surface area contributed by atoms with Crippen LogP contribution in [0.25, 0.3) is 0 Å². The molecule has 0 aliphatic carbocycles. The summed E-state index contributed by atoms with van der Waals surface area (Å²) in [7, 11) is 0. The van der Waals surface area contributed by atoms with Crippen LogP contribution >= 0.6 is 11.8 Å². The van der Waals surface area contributed by atoms with E-state index in [1.807, 2.05) is 18.5 Å². The Morgan fingerprint density at radius 1 is 1.61 bits per heavy atom. The van der Waals surface area contributed by atoms with Crippen molar-refractivity contribution in [3.8, 4) is 6.19 Å². The molecule has 1 unspecified atom stereocenters. The predicted molar refractivity (Wildman–Crippen MR) is 77.2 cm³/mol. The van der Waals surface area contributed by atoms with Gasteiger partial charge in [0.25, 0.3) is 0 Å². The number of aliphatic imine (C=N–C) groups is 1. The fourth-order valence-corrected chi connectivity index (χ4v) is 2.34. The van der Waals surface area contributed by atoms with Crippen LogP contribution in [0.1, 0.15) is 18.9 Å². The van der Waals surface area contributed by atoms with E-state index in [4.69, 9.17) is 5.26 Å². The van der Waals surface area contributed by atoms with Crippen LogP contribution in [-0.4, -0.2) is 17.5 Å². The number of anilines is 1. The maximum atomic E-state index is 8.60. The molecule has 0 amide bonds. The van der Waals surface area contributed by atoms with Crippen molar-refractivity contribution in [2.45, 2.75) is 25.8 Å². The predicted octanol–water partition coefficient (Wildman–Crippen LogP) is 2.85. The second kappa shape index (κ2) is 5.78. The van der Waals surface area contributed by atoms with Crippen LogP contribution in [0.2, 0.25) is 0 Å². The molecule has 4 nitrogen and oxygen atoms in total. The van der Waals surface area contributed by atoms with Crippen LogP contribution in [0.15, 0.2) is 23.2 Å². The molecule has 0 bridgehead atoms. The summed E-state index contributed by atoms with van der Waals surface area (Å²) in [5, 5.41) is 15.3. The number of nitrogens with one attached hydrogen (secondary N) is 2. The van der Waals surface area contributed by atoms with Crippen LogP contribution < -0.4 is 10.6 Å². The van der Waals surface area contributed by atoms with Gasteiger partial charge in [0.2, 0.25) is 0 Å². The number of thioether (sulfide) groups is 1. The minimum Gasteiger partial charge on any atom is -0.382 e. The third kappa shape index (κ3) is 2.96. The van der Waals surface area contributed by atoms with Crippen molar-refractivity contribution in [1.29, 1.82) is 5.26 Å². The highest BCUT2D eigenvalue weighted by Crippen LogP contribution is 2.28. The summed E-state index contributed by atoms with van der Waals surface area (Å²) in [6.07, 6.45) is 6.01. The first-order chi connectivity index (χ1) is 8.72. The topological polar surface area (TPSA) is 60.2 Å². The van der Waals surface area contributed by atoms with Crippen LogP contribution in [0, 0.1) is 11.5 Å². The smallest absolute Gasteiger partial charge is 0.183 e. The molecule has 1 aromatic carbocycles. The van der Waals surface area contributed by atoms with Crippen LogP contribution in [0.5, 0.6) is 0 Å². The van der Waals surface area contributed by atoms with Gasteiger partial charge in [0, 0.05) is 11.7 Å². The van der Waals surface area contributed by atoms with E-state index in [9.17, 15) is 0 Å². The van der Waals surface area contributed by atoms with Gasteiger partial charge >= 0.3 is 0 Å². The van der Waals surface area contributed by atoms with Gasteiger partial charge in [-0.2, -0.15) is 5.26 Å². The van der Waals surface area contributed by atoms with Gasteiger partial charge in [-0.25, -0.2) is 4.99 Å². The van der Waals surface area contributed by atoms with Gasteiger partial charge in [0.05, 0.1) is 5.69 Å². The van der Waals surface area contributed by atoms with Gasteiger partial charge in [-0.15, -0.1) is 0 Å². The van der Waals surface area contributed by atoms with E-state index in [-0.39, 0.29) is 0 Å². The Morgan fingerprint density at radius 2 is 2.44 bits per heavy atom. The van der Waals surface area contributed by atoms with E-state index in [0.717, 1.165) is 18.5 Å². The molecule has 1 aliphatic rings. The third-order valence-corrected chi connectivity index (χ3v) is 3.50. The number of nitriles is 1. The number of aryl methyl sites for hydroxylation is 1. The molecule has 0 aromatic heterocycles. The monoisotopic (exact) mass is 260 g/mol. The molecule has 0 saturated heterocycles. The number of hydrogen-bond donors (Lipinski definition) is 2. The van der Waals surface area contributed by atoms with Crippen molar-refractivity contribution in [3.05, 3.63) is 23.8 Å². The average molecular weight is 260 g/mol. The van der Waals surface area contributed by atoms with Crippen molar-refractivity contribution < 1.29 is 0 Å². The third-order valence-electron chi connectivity index (χ3n) is 2.92. The van der Waals surface area contributed by atoms with Crippen molar-refractivity contribution in [3.63, 3.8) is 0 Å². The molecule has 2 N–H and O–H groups in total. The maximum absolute atomic E-state index is 8.60. The van der Waals surface area contributed by atoms with Gasteiger partial charge in [-0.1, -0.05) is 11.8 Å². The second-order valence-corrected chi connectivity index (χ2v) is 5.08. The molecule has 0 spiro atoms. The first kappa shape index (κ1) is 12.8. The Hall–Kier alpha value is -1.67. The van der Waals surface area contributed by atoms with E-state index in [2.05, 4.69) is 34.7 Å². The van der Waals surface area contributed by atoms with E-state index in [1.165, 1.54) is 23.0 Å². The number of benzene rings is 1. The summed E-state index contributed by atoms with van der Waals surface area (Å²) < 4.78 is 0. The highest BCUT2D eigenvalue weighted by Gasteiger charge is 2.13. The van der Waals surface area contributed by atoms with Gasteiger partial charge in [-0.3, -0.25) is 5.32 Å².